The molecule has 0 aliphatic rings. The minimum atomic E-state index is -3.32. The van der Waals surface area contributed by atoms with E-state index in [1.807, 2.05) is 0 Å². The number of alkyl halides is 3. The van der Waals surface area contributed by atoms with Crippen molar-refractivity contribution in [1.29, 1.82) is 0 Å². The summed E-state index contributed by atoms with van der Waals surface area (Å²) in [5.74, 6) is 0. The molecule has 0 saturated heterocycles. The maximum Gasteiger partial charge on any atom is 0.335 e. The van der Waals surface area contributed by atoms with Crippen LogP contribution < -0.4 is 0 Å². The Kier molecular flexibility index (Phi) is 18.6. The zero-order valence-corrected chi connectivity index (χ0v) is 19.1. The monoisotopic (exact) mass is 407 g/mol. The van der Waals surface area contributed by atoms with Crippen LogP contribution in [0, 0.1) is 0 Å². The molecule has 0 amide bonds. The van der Waals surface area contributed by atoms with Crippen LogP contribution >= 0.6 is 0 Å². The van der Waals surface area contributed by atoms with E-state index >= 15 is 0 Å². The average molecular weight is 408 g/mol. The third kappa shape index (κ3) is 13.8. The number of nitrogens with zero attached hydrogens (tertiary/aromatic N) is 1. The molecule has 0 bridgehead atoms. The van der Waals surface area contributed by atoms with Crippen molar-refractivity contribution in [2.45, 2.75) is 142 Å². The van der Waals surface area contributed by atoms with Crippen LogP contribution in [0.15, 0.2) is 0 Å². The number of hydrogen-bond donors (Lipinski definition) is 0. The summed E-state index contributed by atoms with van der Waals surface area (Å²) >= 11 is 0. The minimum absolute atomic E-state index is 0.127. The first-order valence-corrected chi connectivity index (χ1v) is 12.3. The first kappa shape index (κ1) is 27.8. The maximum absolute atomic E-state index is 14.5. The van der Waals surface area contributed by atoms with Crippen LogP contribution in [0.5, 0.6) is 0 Å². The number of halogens is 3. The van der Waals surface area contributed by atoms with Crippen LogP contribution in [0.2, 0.25) is 0 Å². The predicted molar refractivity (Wildman–Crippen MR) is 117 cm³/mol. The van der Waals surface area contributed by atoms with E-state index in [-0.39, 0.29) is 6.42 Å². The van der Waals surface area contributed by atoms with Gasteiger partial charge < -0.3 is 0 Å². The molecule has 0 rings (SSSR count). The van der Waals surface area contributed by atoms with E-state index in [9.17, 15) is 13.2 Å². The molecular weight excluding hydrogens is 359 g/mol. The van der Waals surface area contributed by atoms with Crippen molar-refractivity contribution in [1.82, 2.24) is 4.90 Å². The lowest BCUT2D eigenvalue weighted by molar-refractivity contribution is -0.193. The van der Waals surface area contributed by atoms with E-state index in [4.69, 9.17) is 0 Å². The van der Waals surface area contributed by atoms with Crippen molar-refractivity contribution in [2.75, 3.05) is 13.1 Å². The molecule has 1 nitrogen and oxygen atoms in total. The van der Waals surface area contributed by atoms with Gasteiger partial charge in [-0.1, -0.05) is 111 Å². The summed E-state index contributed by atoms with van der Waals surface area (Å²) in [5.41, 5.74) is 0. The highest BCUT2D eigenvalue weighted by molar-refractivity contribution is 4.77. The van der Waals surface area contributed by atoms with Crippen molar-refractivity contribution in [3.05, 3.63) is 0 Å². The lowest BCUT2D eigenvalue weighted by Crippen LogP contribution is -2.49. The molecule has 1 unspecified atom stereocenters. The van der Waals surface area contributed by atoms with Gasteiger partial charge in [0.1, 0.15) is 0 Å². The molecule has 0 heterocycles. The summed E-state index contributed by atoms with van der Waals surface area (Å²) in [6.45, 7) is 6.55. The highest BCUT2D eigenvalue weighted by Crippen LogP contribution is 2.29. The third-order valence-electron chi connectivity index (χ3n) is 5.72. The molecule has 4 heteroatoms. The van der Waals surface area contributed by atoms with Crippen LogP contribution in [0.3, 0.4) is 0 Å². The summed E-state index contributed by atoms with van der Waals surface area (Å²) in [6, 6.07) is -3.32. The van der Waals surface area contributed by atoms with Crippen molar-refractivity contribution in [3.63, 3.8) is 0 Å². The summed E-state index contributed by atoms with van der Waals surface area (Å²) < 4.78 is 42.8. The molecule has 0 fully saturated rings. The number of unbranched alkanes of at least 4 members (excludes halogenated alkanes) is 14. The van der Waals surface area contributed by atoms with Gasteiger partial charge in [0.15, 0.2) is 6.17 Å². The molecule has 0 aromatic heterocycles. The van der Waals surface area contributed by atoms with Gasteiger partial charge in [0.25, 0.3) is 0 Å². The molecular formula is C24H48F3N. The normalized spacial score (nSPS) is 13.4. The second-order valence-electron chi connectivity index (χ2n) is 8.40. The summed E-state index contributed by atoms with van der Waals surface area (Å²) in [4.78, 5) is 1.13. The van der Waals surface area contributed by atoms with Crippen LogP contribution in [0.25, 0.3) is 0 Å². The zero-order chi connectivity index (χ0) is 21.1. The molecule has 28 heavy (non-hydrogen) atoms. The standard InChI is InChI=1S/C24H48F3N/c1-4-7-9-11-13-15-17-19-21-28(24(26,27)23(25)6-3)22-20-18-16-14-12-10-8-5-2/h23H,4-22H2,1-3H3. The molecule has 0 N–H and O–H groups in total. The van der Waals surface area contributed by atoms with E-state index in [1.165, 1.54) is 71.1 Å². The summed E-state index contributed by atoms with van der Waals surface area (Å²) in [7, 11) is 0. The summed E-state index contributed by atoms with van der Waals surface area (Å²) in [6.07, 6.45) is 15.9. The molecule has 0 aliphatic carbocycles. The van der Waals surface area contributed by atoms with Crippen molar-refractivity contribution in [3.8, 4) is 0 Å². The van der Waals surface area contributed by atoms with Gasteiger partial charge in [0, 0.05) is 13.1 Å². The lowest BCUT2D eigenvalue weighted by atomic mass is 10.1. The third-order valence-corrected chi connectivity index (χ3v) is 5.72. The Bertz CT molecular complexity index is 303. The first-order chi connectivity index (χ1) is 13.5. The van der Waals surface area contributed by atoms with Crippen molar-refractivity contribution < 1.29 is 13.2 Å². The topological polar surface area (TPSA) is 3.24 Å². The molecule has 1 atom stereocenters. The number of rotatable bonds is 21. The van der Waals surface area contributed by atoms with E-state index < -0.39 is 12.2 Å². The Morgan fingerprint density at radius 2 is 0.893 bits per heavy atom. The van der Waals surface area contributed by atoms with E-state index in [0.717, 1.165) is 43.4 Å². The van der Waals surface area contributed by atoms with E-state index in [2.05, 4.69) is 13.8 Å². The quantitative estimate of drug-likeness (QED) is 0.136. The lowest BCUT2D eigenvalue weighted by Gasteiger charge is -2.33. The highest BCUT2D eigenvalue weighted by atomic mass is 19.3. The van der Waals surface area contributed by atoms with Gasteiger partial charge in [-0.25, -0.2) is 9.29 Å². The van der Waals surface area contributed by atoms with E-state index in [0.29, 0.717) is 13.1 Å². The van der Waals surface area contributed by atoms with Crippen LogP contribution in [-0.4, -0.2) is 30.2 Å². The molecule has 0 aromatic rings. The smallest absolute Gasteiger partial charge is 0.242 e. The van der Waals surface area contributed by atoms with Crippen LogP contribution in [0.4, 0.5) is 13.2 Å². The molecule has 0 aromatic carbocycles. The summed E-state index contributed by atoms with van der Waals surface area (Å²) in [5, 5.41) is 0. The van der Waals surface area contributed by atoms with Gasteiger partial charge >= 0.3 is 6.05 Å². The van der Waals surface area contributed by atoms with Gasteiger partial charge in [-0.2, -0.15) is 8.78 Å². The Labute approximate surface area is 173 Å². The van der Waals surface area contributed by atoms with Gasteiger partial charge in [-0.15, -0.1) is 0 Å². The van der Waals surface area contributed by atoms with Gasteiger partial charge in [0.05, 0.1) is 0 Å². The Morgan fingerprint density at radius 1 is 0.571 bits per heavy atom. The first-order valence-electron chi connectivity index (χ1n) is 12.3. The second-order valence-corrected chi connectivity index (χ2v) is 8.40. The van der Waals surface area contributed by atoms with Gasteiger partial charge in [-0.3, -0.25) is 0 Å². The van der Waals surface area contributed by atoms with Crippen LogP contribution in [-0.2, 0) is 0 Å². The largest absolute Gasteiger partial charge is 0.335 e. The average Bonchev–Trinajstić information content (AvgIpc) is 2.69. The Morgan fingerprint density at radius 3 is 1.21 bits per heavy atom. The zero-order valence-electron chi connectivity index (χ0n) is 19.1. The fourth-order valence-electron chi connectivity index (χ4n) is 3.73. The van der Waals surface area contributed by atoms with Crippen molar-refractivity contribution in [2.24, 2.45) is 0 Å². The molecule has 0 radical (unpaired) electrons. The van der Waals surface area contributed by atoms with Crippen LogP contribution in [0.1, 0.15) is 130 Å². The molecule has 0 spiro atoms. The van der Waals surface area contributed by atoms with E-state index in [1.54, 1.807) is 0 Å². The van der Waals surface area contributed by atoms with Gasteiger partial charge in [-0.05, 0) is 19.3 Å². The minimum Gasteiger partial charge on any atom is -0.242 e. The fraction of sp³-hybridized carbons (Fsp3) is 1.00. The molecule has 0 saturated carbocycles. The molecule has 0 aliphatic heterocycles. The Balaban J connectivity index is 4.12. The second kappa shape index (κ2) is 18.8. The highest BCUT2D eigenvalue weighted by Gasteiger charge is 2.44. The fourth-order valence-corrected chi connectivity index (χ4v) is 3.73. The maximum atomic E-state index is 14.5. The SMILES string of the molecule is CCCCCCCCCCN(CCCCCCCCCC)C(F)(F)C(F)CC. The number of hydrogen-bond acceptors (Lipinski definition) is 1. The van der Waals surface area contributed by atoms with Crippen molar-refractivity contribution >= 4 is 0 Å². The molecule has 170 valence electrons. The predicted octanol–water partition coefficient (Wildman–Crippen LogP) is 8.91. The van der Waals surface area contributed by atoms with Gasteiger partial charge in [0.2, 0.25) is 0 Å². The Hall–Kier alpha value is -0.250.